The minimum absolute atomic E-state index is 0.0192. The van der Waals surface area contributed by atoms with Gasteiger partial charge in [0, 0.05) is 17.8 Å². The third kappa shape index (κ3) is 6.58. The number of hydrogen-bond donors (Lipinski definition) is 2. The van der Waals surface area contributed by atoms with Gasteiger partial charge in [-0.15, -0.1) is 0 Å². The number of rotatable bonds is 9. The predicted molar refractivity (Wildman–Crippen MR) is 110 cm³/mol. The van der Waals surface area contributed by atoms with Crippen molar-refractivity contribution in [3.8, 4) is 5.75 Å². The lowest BCUT2D eigenvalue weighted by molar-refractivity contribution is -0.384. The number of hydrogen-bond acceptors (Lipinski definition) is 6. The van der Waals surface area contributed by atoms with Crippen LogP contribution in [0.5, 0.6) is 5.75 Å². The van der Waals surface area contributed by atoms with E-state index in [1.807, 2.05) is 6.92 Å². The van der Waals surface area contributed by atoms with E-state index in [1.165, 1.54) is 12.1 Å². The highest BCUT2D eigenvalue weighted by atomic mass is 16.6. The highest BCUT2D eigenvalue weighted by Gasteiger charge is 2.16. The molecule has 0 unspecified atom stereocenters. The van der Waals surface area contributed by atoms with E-state index in [1.54, 1.807) is 49.3 Å². The zero-order valence-electron chi connectivity index (χ0n) is 16.6. The van der Waals surface area contributed by atoms with E-state index in [0.717, 1.165) is 0 Å². The smallest absolute Gasteiger partial charge is 0.271 e. The maximum atomic E-state index is 12.4. The van der Waals surface area contributed by atoms with Crippen LogP contribution < -0.4 is 15.4 Å². The lowest BCUT2D eigenvalue weighted by atomic mass is 10.2. The molecular weight excluding hydrogens is 376 g/mol. The molecule has 0 fully saturated rings. The average Bonchev–Trinajstić information content (AvgIpc) is 2.69. The number of carbonyl (C=O) groups is 2. The zero-order valence-corrected chi connectivity index (χ0v) is 16.6. The summed E-state index contributed by atoms with van der Waals surface area (Å²) in [5, 5.41) is 16.4. The predicted octanol–water partition coefficient (Wildman–Crippen LogP) is 2.81. The quantitative estimate of drug-likeness (QED) is 0.494. The number of anilines is 2. The van der Waals surface area contributed by atoms with E-state index in [2.05, 4.69) is 10.6 Å². The van der Waals surface area contributed by atoms with Crippen LogP contribution in [0.3, 0.4) is 0 Å². The molecule has 0 aliphatic heterocycles. The normalized spacial score (nSPS) is 10.5. The number of nitro benzene ring substituents is 1. The van der Waals surface area contributed by atoms with Crippen molar-refractivity contribution in [1.29, 1.82) is 0 Å². The first-order valence-electron chi connectivity index (χ1n) is 9.03. The summed E-state index contributed by atoms with van der Waals surface area (Å²) in [6, 6.07) is 11.2. The molecule has 2 rings (SSSR count). The zero-order chi connectivity index (χ0) is 21.4. The summed E-state index contributed by atoms with van der Waals surface area (Å²) in [6.07, 6.45) is 0. The number of nitrogens with zero attached hydrogens (tertiary/aromatic N) is 2. The Kier molecular flexibility index (Phi) is 7.67. The van der Waals surface area contributed by atoms with Gasteiger partial charge >= 0.3 is 0 Å². The number of ether oxygens (including phenoxy) is 1. The first-order chi connectivity index (χ1) is 13.8. The summed E-state index contributed by atoms with van der Waals surface area (Å²) < 4.78 is 5.07. The van der Waals surface area contributed by atoms with Gasteiger partial charge in [-0.05, 0) is 43.3 Å². The van der Waals surface area contributed by atoms with Gasteiger partial charge in [0.2, 0.25) is 11.8 Å². The van der Waals surface area contributed by atoms with Gasteiger partial charge < -0.3 is 15.4 Å². The fourth-order valence-corrected chi connectivity index (χ4v) is 2.61. The van der Waals surface area contributed by atoms with Crippen LogP contribution in [0.15, 0.2) is 42.5 Å². The van der Waals surface area contributed by atoms with Crippen molar-refractivity contribution < 1.29 is 19.2 Å². The van der Waals surface area contributed by atoms with Crippen molar-refractivity contribution in [2.75, 3.05) is 37.4 Å². The van der Waals surface area contributed by atoms with E-state index in [-0.39, 0.29) is 30.6 Å². The van der Waals surface area contributed by atoms with E-state index < -0.39 is 4.92 Å². The molecule has 0 aliphatic rings. The van der Waals surface area contributed by atoms with Gasteiger partial charge in [0.25, 0.3) is 5.69 Å². The molecule has 0 heterocycles. The number of benzene rings is 2. The second kappa shape index (κ2) is 10.2. The van der Waals surface area contributed by atoms with E-state index >= 15 is 0 Å². The number of nitrogens with one attached hydrogen (secondary N) is 2. The molecule has 0 aromatic heterocycles. The Labute approximate surface area is 168 Å². The van der Waals surface area contributed by atoms with E-state index in [4.69, 9.17) is 4.74 Å². The van der Waals surface area contributed by atoms with Crippen LogP contribution in [0.1, 0.15) is 12.5 Å². The topological polar surface area (TPSA) is 114 Å². The largest absolute Gasteiger partial charge is 0.497 e. The van der Waals surface area contributed by atoms with Gasteiger partial charge in [0.1, 0.15) is 5.75 Å². The molecule has 0 aliphatic carbocycles. The first kappa shape index (κ1) is 21.8. The molecule has 2 aromatic carbocycles. The number of nitro groups is 1. The number of likely N-dealkylation sites (N-methyl/N-ethyl adjacent to an activating group) is 1. The summed E-state index contributed by atoms with van der Waals surface area (Å²) in [5.41, 5.74) is 1.62. The Morgan fingerprint density at radius 3 is 2.24 bits per heavy atom. The Balaban J connectivity index is 1.93. The highest BCUT2D eigenvalue weighted by molar-refractivity contribution is 5.95. The number of aryl methyl sites for hydroxylation is 1. The van der Waals surface area contributed by atoms with Crippen LogP contribution in [-0.2, 0) is 9.59 Å². The fourth-order valence-electron chi connectivity index (χ4n) is 2.61. The molecule has 0 saturated carbocycles. The molecule has 0 saturated heterocycles. The molecule has 154 valence electrons. The van der Waals surface area contributed by atoms with Crippen LogP contribution in [0.4, 0.5) is 17.1 Å². The minimum atomic E-state index is -0.517. The van der Waals surface area contributed by atoms with Crippen molar-refractivity contribution in [3.63, 3.8) is 0 Å². The van der Waals surface area contributed by atoms with Crippen LogP contribution in [-0.4, -0.2) is 48.4 Å². The number of methoxy groups -OCH3 is 1. The molecule has 2 amide bonds. The highest BCUT2D eigenvalue weighted by Crippen LogP contribution is 2.21. The van der Waals surface area contributed by atoms with E-state index in [0.29, 0.717) is 29.2 Å². The van der Waals surface area contributed by atoms with E-state index in [9.17, 15) is 19.7 Å². The van der Waals surface area contributed by atoms with Crippen molar-refractivity contribution in [2.24, 2.45) is 0 Å². The summed E-state index contributed by atoms with van der Waals surface area (Å²) in [5.74, 6) is 0.0790. The minimum Gasteiger partial charge on any atom is -0.497 e. The maximum absolute atomic E-state index is 12.4. The van der Waals surface area contributed by atoms with Gasteiger partial charge in [-0.3, -0.25) is 24.6 Å². The molecule has 0 atom stereocenters. The summed E-state index contributed by atoms with van der Waals surface area (Å²) in [6.45, 7) is 4.09. The third-order valence-electron chi connectivity index (χ3n) is 4.26. The van der Waals surface area contributed by atoms with Gasteiger partial charge in [-0.1, -0.05) is 13.0 Å². The molecule has 2 N–H and O–H groups in total. The summed E-state index contributed by atoms with van der Waals surface area (Å²) in [4.78, 5) is 36.7. The van der Waals surface area contributed by atoms with Gasteiger partial charge in [-0.2, -0.15) is 0 Å². The van der Waals surface area contributed by atoms with Crippen molar-refractivity contribution in [2.45, 2.75) is 13.8 Å². The maximum Gasteiger partial charge on any atom is 0.271 e. The molecule has 0 radical (unpaired) electrons. The van der Waals surface area contributed by atoms with Gasteiger partial charge in [-0.25, -0.2) is 0 Å². The van der Waals surface area contributed by atoms with Crippen LogP contribution in [0.2, 0.25) is 0 Å². The Bertz CT molecular complexity index is 883. The second-order valence-corrected chi connectivity index (χ2v) is 6.38. The molecule has 0 spiro atoms. The molecule has 29 heavy (non-hydrogen) atoms. The van der Waals surface area contributed by atoms with Gasteiger partial charge in [0.15, 0.2) is 0 Å². The summed E-state index contributed by atoms with van der Waals surface area (Å²) in [7, 11) is 1.56. The Hall–Kier alpha value is -3.46. The fraction of sp³-hybridized carbons (Fsp3) is 0.300. The van der Waals surface area contributed by atoms with Crippen molar-refractivity contribution >= 4 is 28.9 Å². The standard InChI is InChI=1S/C20H24N4O5/c1-4-23(12-19(25)21-15-6-9-17(29-3)10-7-15)13-20(26)22-18-11-16(24(27)28)8-5-14(18)2/h5-11H,4,12-13H2,1-3H3,(H,21,25)(H,22,26). The molecule has 9 heteroatoms. The molecule has 2 aromatic rings. The summed E-state index contributed by atoms with van der Waals surface area (Å²) >= 11 is 0. The van der Waals surface area contributed by atoms with Gasteiger partial charge in [0.05, 0.1) is 30.8 Å². The second-order valence-electron chi connectivity index (χ2n) is 6.38. The van der Waals surface area contributed by atoms with Crippen LogP contribution in [0, 0.1) is 17.0 Å². The molecule has 9 nitrogen and oxygen atoms in total. The Morgan fingerprint density at radius 2 is 1.69 bits per heavy atom. The number of non-ortho nitro benzene ring substituents is 1. The van der Waals surface area contributed by atoms with Crippen LogP contribution >= 0.6 is 0 Å². The Morgan fingerprint density at radius 1 is 1.07 bits per heavy atom. The monoisotopic (exact) mass is 400 g/mol. The van der Waals surface area contributed by atoms with Crippen LogP contribution in [0.25, 0.3) is 0 Å². The lowest BCUT2D eigenvalue weighted by Crippen LogP contribution is -2.38. The first-order valence-corrected chi connectivity index (χ1v) is 9.03. The average molecular weight is 400 g/mol. The molecule has 0 bridgehead atoms. The number of carbonyl (C=O) groups excluding carboxylic acids is 2. The third-order valence-corrected chi connectivity index (χ3v) is 4.26. The lowest BCUT2D eigenvalue weighted by Gasteiger charge is -2.19. The van der Waals surface area contributed by atoms with Crippen molar-refractivity contribution in [1.82, 2.24) is 4.90 Å². The SMILES string of the molecule is CCN(CC(=O)Nc1ccc(OC)cc1)CC(=O)Nc1cc([N+](=O)[O-])ccc1C. The number of amides is 2. The van der Waals surface area contributed by atoms with Crippen molar-refractivity contribution in [3.05, 3.63) is 58.1 Å². The molecular formula is C20H24N4O5.